The minimum Gasteiger partial charge on any atom is -0.512 e. The SMILES string of the molecule is C=C(C)C=C(O)CCCCCCC. The van der Waals surface area contributed by atoms with E-state index in [1.807, 2.05) is 6.92 Å². The van der Waals surface area contributed by atoms with E-state index in [2.05, 4.69) is 13.5 Å². The van der Waals surface area contributed by atoms with Crippen molar-refractivity contribution in [2.24, 2.45) is 0 Å². The maximum atomic E-state index is 9.38. The lowest BCUT2D eigenvalue weighted by atomic mass is 10.1. The number of unbranched alkanes of at least 4 members (excludes halogenated alkanes) is 4. The van der Waals surface area contributed by atoms with Crippen LogP contribution in [0.3, 0.4) is 0 Å². The van der Waals surface area contributed by atoms with Gasteiger partial charge in [-0.15, -0.1) is 0 Å². The second-order valence-electron chi connectivity index (χ2n) is 3.65. The third kappa shape index (κ3) is 9.19. The Bertz CT molecular complexity index is 168. The Morgan fingerprint density at radius 1 is 1.23 bits per heavy atom. The molecular weight excluding hydrogens is 160 g/mol. The predicted molar refractivity (Wildman–Crippen MR) is 58.9 cm³/mol. The first-order chi connectivity index (χ1) is 6.16. The molecule has 0 atom stereocenters. The van der Waals surface area contributed by atoms with Crippen LogP contribution in [0.1, 0.15) is 52.4 Å². The Morgan fingerprint density at radius 2 is 1.85 bits per heavy atom. The number of rotatable bonds is 7. The summed E-state index contributed by atoms with van der Waals surface area (Å²) in [5.41, 5.74) is 0.922. The highest BCUT2D eigenvalue weighted by atomic mass is 16.3. The van der Waals surface area contributed by atoms with Crippen molar-refractivity contribution in [2.45, 2.75) is 52.4 Å². The van der Waals surface area contributed by atoms with E-state index in [1.165, 1.54) is 25.7 Å². The molecule has 1 nitrogen and oxygen atoms in total. The molecule has 0 saturated heterocycles. The molecule has 0 saturated carbocycles. The number of aliphatic hydroxyl groups is 1. The molecule has 0 aliphatic heterocycles. The molecule has 1 N–H and O–H groups in total. The molecule has 0 aromatic carbocycles. The van der Waals surface area contributed by atoms with Crippen molar-refractivity contribution in [3.8, 4) is 0 Å². The van der Waals surface area contributed by atoms with Gasteiger partial charge in [0.15, 0.2) is 0 Å². The summed E-state index contributed by atoms with van der Waals surface area (Å²) in [4.78, 5) is 0. The Hall–Kier alpha value is -0.720. The van der Waals surface area contributed by atoms with Crippen molar-refractivity contribution in [1.82, 2.24) is 0 Å². The molecule has 0 aliphatic carbocycles. The van der Waals surface area contributed by atoms with Crippen molar-refractivity contribution in [2.75, 3.05) is 0 Å². The normalized spacial score (nSPS) is 11.7. The minimum atomic E-state index is 0.476. The number of hydrogen-bond acceptors (Lipinski definition) is 1. The van der Waals surface area contributed by atoms with E-state index in [4.69, 9.17) is 0 Å². The predicted octanol–water partition coefficient (Wildman–Crippen LogP) is 4.36. The molecule has 1 heteroatoms. The Labute approximate surface area is 82.2 Å². The van der Waals surface area contributed by atoms with Crippen LogP contribution in [0.4, 0.5) is 0 Å². The number of allylic oxidation sites excluding steroid dienone is 3. The third-order valence-electron chi connectivity index (χ3n) is 1.95. The van der Waals surface area contributed by atoms with Gasteiger partial charge >= 0.3 is 0 Å². The second-order valence-corrected chi connectivity index (χ2v) is 3.65. The van der Waals surface area contributed by atoms with E-state index in [9.17, 15) is 5.11 Å². The van der Waals surface area contributed by atoms with Crippen molar-refractivity contribution >= 4 is 0 Å². The van der Waals surface area contributed by atoms with Gasteiger partial charge in [0.2, 0.25) is 0 Å². The van der Waals surface area contributed by atoms with E-state index in [0.29, 0.717) is 5.76 Å². The van der Waals surface area contributed by atoms with Crippen molar-refractivity contribution in [3.05, 3.63) is 24.0 Å². The molecule has 0 bridgehead atoms. The van der Waals surface area contributed by atoms with Gasteiger partial charge < -0.3 is 5.11 Å². The van der Waals surface area contributed by atoms with Crippen molar-refractivity contribution < 1.29 is 5.11 Å². The van der Waals surface area contributed by atoms with Crippen LogP contribution >= 0.6 is 0 Å². The third-order valence-corrected chi connectivity index (χ3v) is 1.95. The van der Waals surface area contributed by atoms with E-state index in [1.54, 1.807) is 6.08 Å². The van der Waals surface area contributed by atoms with Crippen LogP contribution in [0.15, 0.2) is 24.0 Å². The molecule has 0 heterocycles. The smallest absolute Gasteiger partial charge is 0.0925 e. The summed E-state index contributed by atoms with van der Waals surface area (Å²) in [6, 6.07) is 0. The van der Waals surface area contributed by atoms with Gasteiger partial charge in [0.1, 0.15) is 0 Å². The molecular formula is C12H22O. The summed E-state index contributed by atoms with van der Waals surface area (Å²) in [5.74, 6) is 0.476. The van der Waals surface area contributed by atoms with Crippen LogP contribution in [-0.4, -0.2) is 5.11 Å². The minimum absolute atomic E-state index is 0.476. The first-order valence-corrected chi connectivity index (χ1v) is 5.22. The molecule has 0 aromatic rings. The van der Waals surface area contributed by atoms with Gasteiger partial charge in [-0.05, 0) is 19.4 Å². The molecule has 0 aromatic heterocycles. The Morgan fingerprint density at radius 3 is 2.38 bits per heavy atom. The largest absolute Gasteiger partial charge is 0.512 e. The molecule has 0 rings (SSSR count). The summed E-state index contributed by atoms with van der Waals surface area (Å²) >= 11 is 0. The van der Waals surface area contributed by atoms with Crippen LogP contribution in [-0.2, 0) is 0 Å². The summed E-state index contributed by atoms with van der Waals surface area (Å²) in [7, 11) is 0. The average molecular weight is 182 g/mol. The second kappa shape index (κ2) is 7.90. The first-order valence-electron chi connectivity index (χ1n) is 5.22. The molecule has 0 aliphatic rings. The summed E-state index contributed by atoms with van der Waals surface area (Å²) in [5, 5.41) is 9.38. The summed E-state index contributed by atoms with van der Waals surface area (Å²) in [6.07, 6.45) is 8.74. The van der Waals surface area contributed by atoms with Crippen LogP contribution in [0.2, 0.25) is 0 Å². The van der Waals surface area contributed by atoms with E-state index in [0.717, 1.165) is 18.4 Å². The van der Waals surface area contributed by atoms with Gasteiger partial charge in [-0.3, -0.25) is 0 Å². The fourth-order valence-electron chi connectivity index (χ4n) is 1.27. The topological polar surface area (TPSA) is 20.2 Å². The van der Waals surface area contributed by atoms with Crippen molar-refractivity contribution in [1.29, 1.82) is 0 Å². The van der Waals surface area contributed by atoms with Gasteiger partial charge in [-0.2, -0.15) is 0 Å². The molecule has 0 unspecified atom stereocenters. The molecule has 0 fully saturated rings. The lowest BCUT2D eigenvalue weighted by Crippen LogP contribution is -1.84. The summed E-state index contributed by atoms with van der Waals surface area (Å²) < 4.78 is 0. The highest BCUT2D eigenvalue weighted by Crippen LogP contribution is 2.10. The van der Waals surface area contributed by atoms with Gasteiger partial charge in [0.25, 0.3) is 0 Å². The fraction of sp³-hybridized carbons (Fsp3) is 0.667. The zero-order chi connectivity index (χ0) is 10.1. The van der Waals surface area contributed by atoms with Crippen molar-refractivity contribution in [3.63, 3.8) is 0 Å². The molecule has 0 amide bonds. The van der Waals surface area contributed by atoms with E-state index >= 15 is 0 Å². The average Bonchev–Trinajstić information content (AvgIpc) is 2.02. The quantitative estimate of drug-likeness (QED) is 0.352. The first kappa shape index (κ1) is 12.3. The Balaban J connectivity index is 3.37. The number of hydrogen-bond donors (Lipinski definition) is 1. The van der Waals surface area contributed by atoms with Gasteiger partial charge in [0.05, 0.1) is 5.76 Å². The number of aliphatic hydroxyl groups excluding tert-OH is 1. The maximum absolute atomic E-state index is 9.38. The monoisotopic (exact) mass is 182 g/mol. The lowest BCUT2D eigenvalue weighted by Gasteiger charge is -2.00. The van der Waals surface area contributed by atoms with E-state index in [-0.39, 0.29) is 0 Å². The summed E-state index contributed by atoms with van der Waals surface area (Å²) in [6.45, 7) is 7.82. The molecule has 0 spiro atoms. The fourth-order valence-corrected chi connectivity index (χ4v) is 1.27. The highest BCUT2D eigenvalue weighted by molar-refractivity contribution is 5.13. The van der Waals surface area contributed by atoms with Crippen LogP contribution in [0.5, 0.6) is 0 Å². The van der Waals surface area contributed by atoms with Crippen LogP contribution in [0, 0.1) is 0 Å². The molecule has 76 valence electrons. The van der Waals surface area contributed by atoms with Gasteiger partial charge in [-0.25, -0.2) is 0 Å². The standard InChI is InChI=1S/C12H22O/c1-4-5-6-7-8-9-12(13)10-11(2)3/h10,13H,2,4-9H2,1,3H3. The molecule has 0 radical (unpaired) electrons. The Kier molecular flexibility index (Phi) is 7.47. The van der Waals surface area contributed by atoms with Crippen LogP contribution < -0.4 is 0 Å². The van der Waals surface area contributed by atoms with Crippen LogP contribution in [0.25, 0.3) is 0 Å². The van der Waals surface area contributed by atoms with Gasteiger partial charge in [-0.1, -0.05) is 44.8 Å². The highest BCUT2D eigenvalue weighted by Gasteiger charge is 1.93. The molecule has 13 heavy (non-hydrogen) atoms. The maximum Gasteiger partial charge on any atom is 0.0925 e. The van der Waals surface area contributed by atoms with Gasteiger partial charge in [0, 0.05) is 6.42 Å². The van der Waals surface area contributed by atoms with E-state index < -0.39 is 0 Å². The zero-order valence-electron chi connectivity index (χ0n) is 8.97. The zero-order valence-corrected chi connectivity index (χ0v) is 8.97. The lowest BCUT2D eigenvalue weighted by molar-refractivity contribution is 0.380.